The van der Waals surface area contributed by atoms with Gasteiger partial charge < -0.3 is 43.3 Å². The Hall–Kier alpha value is -6.80. The lowest BCUT2D eigenvalue weighted by Crippen LogP contribution is -2.82. The first kappa shape index (κ1) is 55.4. The Morgan fingerprint density at radius 1 is 0.829 bits per heavy atom. The number of ether oxygens (including phenoxy) is 6. The summed E-state index contributed by atoms with van der Waals surface area (Å²) in [5.74, 6) is -6.55. The summed E-state index contributed by atoms with van der Waals surface area (Å²) in [5, 5.41) is 17.4. The monoisotopic (exact) mass is 1060 g/mol. The molecule has 1 aromatic heterocycles. The average Bonchev–Trinajstić information content (AvgIpc) is 3.98. The first-order valence-electron chi connectivity index (χ1n) is 25.8. The highest BCUT2D eigenvalue weighted by Gasteiger charge is 2.79. The number of imidazole rings is 1. The number of aliphatic hydroxyl groups is 1. The number of nitrogens with zero attached hydrogens (tertiary/aromatic N) is 2. The fourth-order valence-electron chi connectivity index (χ4n) is 12.3. The molecule has 3 aliphatic carbocycles. The third kappa shape index (κ3) is 9.82. The van der Waals surface area contributed by atoms with Gasteiger partial charge >= 0.3 is 30.0 Å². The second-order valence-electron chi connectivity index (χ2n) is 21.0. The minimum Gasteiger partial charge on any atom is -0.456 e. The molecule has 8 rings (SSSR count). The van der Waals surface area contributed by atoms with E-state index in [2.05, 4.69) is 10.3 Å². The fourth-order valence-corrected chi connectivity index (χ4v) is 15.0. The van der Waals surface area contributed by atoms with E-state index in [0.717, 1.165) is 11.5 Å². The van der Waals surface area contributed by atoms with Crippen molar-refractivity contribution >= 4 is 50.0 Å². The normalized spacial score (nSPS) is 28.3. The predicted molar refractivity (Wildman–Crippen MR) is 276 cm³/mol. The predicted octanol–water partition coefficient (Wildman–Crippen LogP) is 7.65. The SMILES string of the molecule is CC[Si](CC)(CC)O[C@@H](C(=O)O[C@H]1C[C@@]2(O)[C@@H](OC(=O)c3ccccc3)[C@@H]3[C@]4(OC(C)=O)CO[C@@H]4C[C@H](OC(=O)n4ccnc4)[C@@]3(C)C(=O)[C@H](OC(C)=O)C(=C1C)C2(C)C)[C@@H](NC(=O)c1ccccc1)c1ccccc1. The van der Waals surface area contributed by atoms with Crippen LogP contribution in [0, 0.1) is 16.7 Å². The Kier molecular flexibility index (Phi) is 15.8. The van der Waals surface area contributed by atoms with Crippen molar-refractivity contribution in [1.82, 2.24) is 14.9 Å². The Labute approximate surface area is 442 Å². The zero-order chi connectivity index (χ0) is 55.0. The summed E-state index contributed by atoms with van der Waals surface area (Å²) < 4.78 is 46.3. The van der Waals surface area contributed by atoms with Crippen LogP contribution in [0.1, 0.15) is 107 Å². The van der Waals surface area contributed by atoms with Crippen molar-refractivity contribution in [3.63, 3.8) is 0 Å². The van der Waals surface area contributed by atoms with Gasteiger partial charge in [0.05, 0.1) is 29.5 Å². The molecule has 4 aromatic rings. The van der Waals surface area contributed by atoms with Gasteiger partial charge in [0.15, 0.2) is 31.9 Å². The first-order valence-corrected chi connectivity index (χ1v) is 28.3. The smallest absolute Gasteiger partial charge is 0.419 e. The Morgan fingerprint density at radius 2 is 1.43 bits per heavy atom. The number of carbonyl (C=O) groups excluding carboxylic acids is 7. The van der Waals surface area contributed by atoms with Crippen LogP contribution in [0.2, 0.25) is 18.1 Å². The highest BCUT2D eigenvalue weighted by Crippen LogP contribution is 2.65. The minimum absolute atomic E-state index is 0.0155. The van der Waals surface area contributed by atoms with Crippen LogP contribution in [0.15, 0.2) is 121 Å². The molecule has 3 aromatic carbocycles. The maximum atomic E-state index is 16.4. The highest BCUT2D eigenvalue weighted by molar-refractivity contribution is 6.73. The van der Waals surface area contributed by atoms with E-state index < -0.39 is 127 Å². The molecule has 1 saturated heterocycles. The number of Topliss-reactive ketones (excluding diaryl/α,β-unsaturated/α-hetero) is 1. The molecule has 2 heterocycles. The van der Waals surface area contributed by atoms with Crippen LogP contribution in [-0.2, 0) is 52.0 Å². The number of fused-ring (bicyclic) bond motifs is 5. The van der Waals surface area contributed by atoms with Gasteiger partial charge in [0.1, 0.15) is 36.3 Å². The number of ketones is 1. The van der Waals surface area contributed by atoms with E-state index in [-0.39, 0.29) is 29.7 Å². The second-order valence-corrected chi connectivity index (χ2v) is 25.7. The van der Waals surface area contributed by atoms with E-state index in [9.17, 15) is 29.1 Å². The van der Waals surface area contributed by atoms with Gasteiger partial charge in [-0.15, -0.1) is 0 Å². The first-order chi connectivity index (χ1) is 36.1. The Bertz CT molecular complexity index is 2850. The van der Waals surface area contributed by atoms with Crippen LogP contribution in [0.4, 0.5) is 4.79 Å². The van der Waals surface area contributed by atoms with E-state index in [1.54, 1.807) is 99.6 Å². The summed E-state index contributed by atoms with van der Waals surface area (Å²) in [4.78, 5) is 106. The lowest BCUT2D eigenvalue weighted by Gasteiger charge is -2.67. The van der Waals surface area contributed by atoms with Gasteiger partial charge in [-0.3, -0.25) is 19.2 Å². The molecule has 1 amide bonds. The summed E-state index contributed by atoms with van der Waals surface area (Å²) in [6.07, 6.45) is -7.13. The molecule has 0 unspecified atom stereocenters. The van der Waals surface area contributed by atoms with Crippen molar-refractivity contribution in [3.8, 4) is 0 Å². The largest absolute Gasteiger partial charge is 0.456 e. The van der Waals surface area contributed by atoms with E-state index in [1.807, 2.05) is 20.8 Å². The number of nitrogens with one attached hydrogen (secondary N) is 1. The maximum Gasteiger partial charge on any atom is 0.419 e. The van der Waals surface area contributed by atoms with Crippen LogP contribution in [0.25, 0.3) is 0 Å². The Balaban J connectivity index is 1.35. The summed E-state index contributed by atoms with van der Waals surface area (Å²) in [6.45, 7) is 14.2. The molecule has 0 radical (unpaired) electrons. The van der Waals surface area contributed by atoms with Gasteiger partial charge in [0.25, 0.3) is 5.91 Å². The molecule has 404 valence electrons. The highest BCUT2D eigenvalue weighted by atomic mass is 28.4. The lowest BCUT2D eigenvalue weighted by atomic mass is 9.44. The molecule has 18 nitrogen and oxygen atoms in total. The maximum absolute atomic E-state index is 16.4. The van der Waals surface area contributed by atoms with Crippen molar-refractivity contribution in [1.29, 1.82) is 0 Å². The number of benzene rings is 3. The molecular weight excluding hydrogens is 995 g/mol. The summed E-state index contributed by atoms with van der Waals surface area (Å²) in [5.41, 5.74) is -7.01. The molecule has 2 saturated carbocycles. The Morgan fingerprint density at radius 3 is 1.97 bits per heavy atom. The van der Waals surface area contributed by atoms with Crippen molar-refractivity contribution < 1.29 is 71.5 Å². The van der Waals surface area contributed by atoms with Crippen LogP contribution in [0.3, 0.4) is 0 Å². The lowest BCUT2D eigenvalue weighted by molar-refractivity contribution is -0.345. The van der Waals surface area contributed by atoms with Gasteiger partial charge in [-0.25, -0.2) is 23.9 Å². The fraction of sp³-hybridized carbons (Fsp3) is 0.474. The molecular formula is C57H67N3O15Si. The van der Waals surface area contributed by atoms with Gasteiger partial charge in [-0.05, 0) is 73.0 Å². The number of aromatic nitrogens is 2. The number of rotatable bonds is 16. The third-order valence-electron chi connectivity index (χ3n) is 16.7. The molecule has 76 heavy (non-hydrogen) atoms. The van der Waals surface area contributed by atoms with Crippen LogP contribution in [0.5, 0.6) is 0 Å². The van der Waals surface area contributed by atoms with Crippen molar-refractivity contribution in [2.75, 3.05) is 6.61 Å². The molecule has 2 N–H and O–H groups in total. The molecule has 11 atom stereocenters. The quantitative estimate of drug-likeness (QED) is 0.0474. The van der Waals surface area contributed by atoms with Crippen LogP contribution < -0.4 is 5.32 Å². The van der Waals surface area contributed by atoms with E-state index in [0.29, 0.717) is 29.3 Å². The number of hydrogen-bond acceptors (Lipinski definition) is 16. The van der Waals surface area contributed by atoms with Crippen molar-refractivity contribution in [2.45, 2.75) is 147 Å². The molecule has 3 fully saturated rings. The summed E-state index contributed by atoms with van der Waals surface area (Å²) in [7, 11) is -2.79. The topological polar surface area (TPSA) is 234 Å². The molecule has 4 aliphatic rings. The van der Waals surface area contributed by atoms with Gasteiger partial charge in [0, 0.05) is 50.1 Å². The molecule has 0 spiro atoms. The van der Waals surface area contributed by atoms with Crippen LogP contribution in [-0.4, -0.2) is 119 Å². The zero-order valence-corrected chi connectivity index (χ0v) is 45.3. The van der Waals surface area contributed by atoms with Gasteiger partial charge in [-0.2, -0.15) is 0 Å². The van der Waals surface area contributed by atoms with E-state index >= 15 is 9.59 Å². The second kappa shape index (κ2) is 21.7. The molecule has 1 aliphatic heterocycles. The number of carbonyl (C=O) groups is 7. The zero-order valence-electron chi connectivity index (χ0n) is 44.3. The van der Waals surface area contributed by atoms with Crippen molar-refractivity contribution in [3.05, 3.63) is 138 Å². The van der Waals surface area contributed by atoms with E-state index in [1.165, 1.54) is 44.7 Å². The van der Waals surface area contributed by atoms with Crippen LogP contribution >= 0.6 is 0 Å². The van der Waals surface area contributed by atoms with Crippen molar-refractivity contribution in [2.24, 2.45) is 16.7 Å². The van der Waals surface area contributed by atoms with Gasteiger partial charge in [0.2, 0.25) is 0 Å². The van der Waals surface area contributed by atoms with E-state index in [4.69, 9.17) is 32.8 Å². The number of hydrogen-bond donors (Lipinski definition) is 2. The number of esters is 4. The number of amides is 1. The molecule has 2 bridgehead atoms. The summed E-state index contributed by atoms with van der Waals surface area (Å²) in [6, 6.07) is 26.0. The van der Waals surface area contributed by atoms with Gasteiger partial charge in [-0.1, -0.05) is 101 Å². The summed E-state index contributed by atoms with van der Waals surface area (Å²) >= 11 is 0. The average molecular weight is 1060 g/mol. The minimum atomic E-state index is -2.79. The third-order valence-corrected chi connectivity index (χ3v) is 21.3. The standard InChI is InChI=1S/C57H67N3O15Si/c1-10-76(11-2,12-3)75-46(44(37-22-16-13-17-23-37)59-50(64)38-24-18-14-19-25-38)52(66)71-40-31-57(68)49(73-51(65)39-26-20-15-21-27-39)47-55(9,48(63)45(70-35(5)61)43(34(40)4)54(57,7)8)41(72-53(67)60-29-28-58-33-60)30-42-56(47,32-69-42)74-36(6)62/h13-29,33,40-42,44-47,49,68H,10-12,30-32H2,1-9H3,(H,59,64)/t40-,41-,42+,44-,45+,46+,47-,49-,55+,56-,57+/m0/s1. The molecule has 19 heteroatoms.